The van der Waals surface area contributed by atoms with E-state index in [9.17, 15) is 13.2 Å². The predicted molar refractivity (Wildman–Crippen MR) is 63.4 cm³/mol. The second kappa shape index (κ2) is 5.72. The van der Waals surface area contributed by atoms with E-state index in [1.165, 1.54) is 6.07 Å². The molecule has 1 rings (SSSR count). The zero-order chi connectivity index (χ0) is 12.9. The summed E-state index contributed by atoms with van der Waals surface area (Å²) in [6.45, 7) is 0.783. The Hall–Kier alpha value is -1.49. The predicted octanol–water partition coefficient (Wildman–Crippen LogP) is 2.91. The van der Waals surface area contributed by atoms with Crippen molar-refractivity contribution in [2.45, 2.75) is 12.6 Å². The summed E-state index contributed by atoms with van der Waals surface area (Å²) in [7, 11) is 1.82. The largest absolute Gasteiger partial charge is 0.416 e. The van der Waals surface area contributed by atoms with Crippen LogP contribution in [0.4, 0.5) is 18.9 Å². The maximum Gasteiger partial charge on any atom is 0.416 e. The van der Waals surface area contributed by atoms with Crippen LogP contribution in [0.2, 0.25) is 0 Å². The number of alkyl halides is 3. The molecule has 0 aromatic heterocycles. The first-order valence-electron chi connectivity index (χ1n) is 5.22. The number of benzene rings is 1. The molecule has 0 fully saturated rings. The first-order chi connectivity index (χ1) is 7.93. The molecule has 1 aromatic rings. The lowest BCUT2D eigenvalue weighted by atomic mass is 10.1. The van der Waals surface area contributed by atoms with Crippen LogP contribution in [0.3, 0.4) is 0 Å². The summed E-state index contributed by atoms with van der Waals surface area (Å²) in [6, 6.07) is 3.54. The topological polar surface area (TPSA) is 38.0 Å². The van der Waals surface area contributed by atoms with Gasteiger partial charge in [-0.3, -0.25) is 0 Å². The van der Waals surface area contributed by atoms with E-state index in [0.717, 1.165) is 25.1 Å². The Morgan fingerprint density at radius 2 is 2.00 bits per heavy atom. The van der Waals surface area contributed by atoms with Gasteiger partial charge in [0.25, 0.3) is 0 Å². The molecule has 0 radical (unpaired) electrons. The Bertz CT molecular complexity index is 397. The highest BCUT2D eigenvalue weighted by atomic mass is 19.4. The van der Waals surface area contributed by atoms with Crippen molar-refractivity contribution in [2.24, 2.45) is 0 Å². The fourth-order valence-corrected chi connectivity index (χ4v) is 1.38. The van der Waals surface area contributed by atoms with E-state index in [0.29, 0.717) is 5.56 Å². The second-order valence-electron chi connectivity index (χ2n) is 3.68. The molecule has 5 heteroatoms. The lowest BCUT2D eigenvalue weighted by molar-refractivity contribution is -0.137. The summed E-state index contributed by atoms with van der Waals surface area (Å²) in [6.07, 6.45) is -0.149. The van der Waals surface area contributed by atoms with Gasteiger partial charge in [-0.25, -0.2) is 0 Å². The van der Waals surface area contributed by atoms with Gasteiger partial charge < -0.3 is 11.1 Å². The minimum atomic E-state index is -4.36. The lowest BCUT2D eigenvalue weighted by Gasteiger charge is -2.08. The molecule has 2 nitrogen and oxygen atoms in total. The first kappa shape index (κ1) is 13.6. The molecule has 0 amide bonds. The van der Waals surface area contributed by atoms with Gasteiger partial charge in [0, 0.05) is 5.69 Å². The van der Waals surface area contributed by atoms with Crippen LogP contribution in [0.25, 0.3) is 6.08 Å². The Morgan fingerprint density at radius 1 is 1.29 bits per heavy atom. The number of hydrogen-bond donors (Lipinski definition) is 2. The van der Waals surface area contributed by atoms with Gasteiger partial charge in [0.1, 0.15) is 0 Å². The van der Waals surface area contributed by atoms with Crippen LogP contribution in [0, 0.1) is 0 Å². The summed E-state index contributed by atoms with van der Waals surface area (Å²) >= 11 is 0. The van der Waals surface area contributed by atoms with E-state index >= 15 is 0 Å². The Labute approximate surface area is 98.3 Å². The standard InChI is InChI=1S/C12H15F3N2/c1-17-5-3-2-4-9-6-10(12(13,14)15)8-11(16)7-9/h2,4,6-8,17H,3,5,16H2,1H3. The number of nitrogen functional groups attached to an aromatic ring is 1. The SMILES string of the molecule is CNCCC=Cc1cc(N)cc(C(F)(F)F)c1. The van der Waals surface area contributed by atoms with Gasteiger partial charge in [0.2, 0.25) is 0 Å². The monoisotopic (exact) mass is 244 g/mol. The Balaban J connectivity index is 2.87. The van der Waals surface area contributed by atoms with E-state index in [4.69, 9.17) is 5.73 Å². The minimum absolute atomic E-state index is 0.119. The molecule has 17 heavy (non-hydrogen) atoms. The number of anilines is 1. The summed E-state index contributed by atoms with van der Waals surface area (Å²) in [5.41, 5.74) is 5.31. The third kappa shape index (κ3) is 4.48. The summed E-state index contributed by atoms with van der Waals surface area (Å²) < 4.78 is 37.5. The highest BCUT2D eigenvalue weighted by molar-refractivity contribution is 5.58. The highest BCUT2D eigenvalue weighted by Crippen LogP contribution is 2.31. The second-order valence-corrected chi connectivity index (χ2v) is 3.68. The van der Waals surface area contributed by atoms with Crippen molar-refractivity contribution in [2.75, 3.05) is 19.3 Å². The van der Waals surface area contributed by atoms with Crippen LogP contribution >= 0.6 is 0 Å². The van der Waals surface area contributed by atoms with Crippen LogP contribution < -0.4 is 11.1 Å². The summed E-state index contributed by atoms with van der Waals surface area (Å²) in [5.74, 6) is 0. The zero-order valence-electron chi connectivity index (χ0n) is 9.51. The zero-order valence-corrected chi connectivity index (χ0v) is 9.51. The maximum atomic E-state index is 12.5. The molecule has 0 spiro atoms. The van der Waals surface area contributed by atoms with Gasteiger partial charge in [-0.05, 0) is 43.8 Å². The van der Waals surface area contributed by atoms with Crippen LogP contribution in [0.5, 0.6) is 0 Å². The van der Waals surface area contributed by atoms with Crippen molar-refractivity contribution < 1.29 is 13.2 Å². The number of rotatable bonds is 4. The number of hydrogen-bond acceptors (Lipinski definition) is 2. The van der Waals surface area contributed by atoms with Crippen molar-refractivity contribution in [3.05, 3.63) is 35.4 Å². The average molecular weight is 244 g/mol. The third-order valence-corrected chi connectivity index (χ3v) is 2.18. The fraction of sp³-hybridized carbons (Fsp3) is 0.333. The normalized spacial score (nSPS) is 12.2. The number of nitrogens with two attached hydrogens (primary N) is 1. The molecular weight excluding hydrogens is 229 g/mol. The minimum Gasteiger partial charge on any atom is -0.399 e. The molecule has 0 bridgehead atoms. The van der Waals surface area contributed by atoms with Crippen LogP contribution in [0.15, 0.2) is 24.3 Å². The molecule has 0 saturated carbocycles. The van der Waals surface area contributed by atoms with E-state index in [-0.39, 0.29) is 5.69 Å². The van der Waals surface area contributed by atoms with Crippen LogP contribution in [-0.4, -0.2) is 13.6 Å². The quantitative estimate of drug-likeness (QED) is 0.631. The molecule has 94 valence electrons. The van der Waals surface area contributed by atoms with Gasteiger partial charge in [0.15, 0.2) is 0 Å². The molecular formula is C12H15F3N2. The Kier molecular flexibility index (Phi) is 4.57. The van der Waals surface area contributed by atoms with Crippen LogP contribution in [0.1, 0.15) is 17.5 Å². The summed E-state index contributed by atoms with van der Waals surface area (Å²) in [4.78, 5) is 0. The average Bonchev–Trinajstić information content (AvgIpc) is 2.22. The third-order valence-electron chi connectivity index (χ3n) is 2.18. The van der Waals surface area contributed by atoms with Gasteiger partial charge >= 0.3 is 6.18 Å². The van der Waals surface area contributed by atoms with Crippen molar-refractivity contribution in [1.82, 2.24) is 5.32 Å². The number of nitrogens with one attached hydrogen (secondary N) is 1. The van der Waals surface area contributed by atoms with E-state index in [1.807, 2.05) is 13.1 Å². The van der Waals surface area contributed by atoms with Gasteiger partial charge in [-0.15, -0.1) is 0 Å². The molecule has 0 atom stereocenters. The van der Waals surface area contributed by atoms with Crippen LogP contribution in [-0.2, 0) is 6.18 Å². The Morgan fingerprint density at radius 3 is 2.59 bits per heavy atom. The molecule has 1 aromatic carbocycles. The highest BCUT2D eigenvalue weighted by Gasteiger charge is 2.30. The molecule has 0 heterocycles. The van der Waals surface area contributed by atoms with Gasteiger partial charge in [0.05, 0.1) is 5.56 Å². The van der Waals surface area contributed by atoms with Crippen molar-refractivity contribution >= 4 is 11.8 Å². The lowest BCUT2D eigenvalue weighted by Crippen LogP contribution is -2.06. The molecule has 0 aliphatic carbocycles. The van der Waals surface area contributed by atoms with Crippen molar-refractivity contribution in [3.63, 3.8) is 0 Å². The first-order valence-corrected chi connectivity index (χ1v) is 5.22. The van der Waals surface area contributed by atoms with E-state index in [2.05, 4.69) is 5.32 Å². The fourth-order valence-electron chi connectivity index (χ4n) is 1.38. The van der Waals surface area contributed by atoms with E-state index in [1.54, 1.807) is 6.08 Å². The molecule has 0 aliphatic rings. The smallest absolute Gasteiger partial charge is 0.399 e. The number of halogens is 3. The molecule has 3 N–H and O–H groups in total. The van der Waals surface area contributed by atoms with Crippen molar-refractivity contribution in [3.8, 4) is 0 Å². The molecule has 0 aliphatic heterocycles. The maximum absolute atomic E-state index is 12.5. The summed E-state index contributed by atoms with van der Waals surface area (Å²) in [5, 5.41) is 2.95. The van der Waals surface area contributed by atoms with Crippen molar-refractivity contribution in [1.29, 1.82) is 0 Å². The van der Waals surface area contributed by atoms with Gasteiger partial charge in [-0.1, -0.05) is 12.2 Å². The van der Waals surface area contributed by atoms with Gasteiger partial charge in [-0.2, -0.15) is 13.2 Å². The molecule has 0 unspecified atom stereocenters. The molecule has 0 saturated heterocycles. The van der Waals surface area contributed by atoms with E-state index < -0.39 is 11.7 Å².